The van der Waals surface area contributed by atoms with Crippen molar-refractivity contribution in [2.45, 2.75) is 70.3 Å². The largest absolute Gasteiger partial charge is 0.491 e. The Labute approximate surface area is 423 Å². The molecule has 0 radical (unpaired) electrons. The van der Waals surface area contributed by atoms with E-state index in [1.807, 2.05) is 38.1 Å². The van der Waals surface area contributed by atoms with E-state index in [9.17, 15) is 32.6 Å². The molecule has 2 aliphatic heterocycles. The highest BCUT2D eigenvalue weighted by Crippen LogP contribution is 2.35. The Morgan fingerprint density at radius 3 is 2.45 bits per heavy atom. The molecule has 17 nitrogen and oxygen atoms in total. The zero-order valence-corrected chi connectivity index (χ0v) is 41.4. The topological polar surface area (TPSA) is 217 Å². The lowest BCUT2D eigenvalue weighted by atomic mass is 9.99. The number of β-amino-alcohol motifs (C(OH)–C–C–N with tert-alkyl or cyclic N) is 1. The monoisotopic (exact) mass is 1040 g/mol. The normalized spacial score (nSPS) is 18.2. The van der Waals surface area contributed by atoms with E-state index in [1.54, 1.807) is 66.4 Å². The lowest BCUT2D eigenvalue weighted by Crippen LogP contribution is -2.48. The number of amides is 2. The first kappa shape index (κ1) is 51.1. The second kappa shape index (κ2) is 22.1. The van der Waals surface area contributed by atoms with Gasteiger partial charge in [-0.3, -0.25) is 18.9 Å². The van der Waals surface area contributed by atoms with Gasteiger partial charge in [0.1, 0.15) is 53.4 Å². The maximum Gasteiger partial charge on any atom is 0.277 e. The van der Waals surface area contributed by atoms with Crippen molar-refractivity contribution in [1.29, 1.82) is 0 Å². The van der Waals surface area contributed by atoms with E-state index in [4.69, 9.17) is 14.0 Å². The van der Waals surface area contributed by atoms with Crippen LogP contribution in [0.2, 0.25) is 0 Å². The summed E-state index contributed by atoms with van der Waals surface area (Å²) in [5, 5.41) is 19.1. The predicted octanol–water partition coefficient (Wildman–Crippen LogP) is 7.78. The third kappa shape index (κ3) is 11.1. The summed E-state index contributed by atoms with van der Waals surface area (Å²) in [5.41, 5.74) is 5.15. The minimum absolute atomic E-state index is 0.00880. The van der Waals surface area contributed by atoms with Crippen LogP contribution in [0.3, 0.4) is 0 Å². The summed E-state index contributed by atoms with van der Waals surface area (Å²) in [5.74, 6) is -4.40. The van der Waals surface area contributed by atoms with Gasteiger partial charge >= 0.3 is 0 Å². The van der Waals surface area contributed by atoms with E-state index >= 15 is 8.78 Å². The lowest BCUT2D eigenvalue weighted by Gasteiger charge is -2.29. The summed E-state index contributed by atoms with van der Waals surface area (Å²) in [6, 6.07) is 18.6. The zero-order chi connectivity index (χ0) is 51.5. The molecule has 73 heavy (non-hydrogen) atoms. The van der Waals surface area contributed by atoms with Gasteiger partial charge in [-0.1, -0.05) is 41.6 Å². The fourth-order valence-corrected chi connectivity index (χ4v) is 10.6. The van der Waals surface area contributed by atoms with E-state index in [2.05, 4.69) is 25.4 Å². The smallest absolute Gasteiger partial charge is 0.277 e. The Morgan fingerprint density at radius 1 is 1.00 bits per heavy atom. The number of aromatic nitrogens is 4. The van der Waals surface area contributed by atoms with Crippen molar-refractivity contribution in [2.75, 3.05) is 43.9 Å². The van der Waals surface area contributed by atoms with E-state index in [1.165, 1.54) is 11.1 Å². The number of anilines is 1. The third-order valence-electron chi connectivity index (χ3n) is 13.0. The van der Waals surface area contributed by atoms with Crippen molar-refractivity contribution < 1.29 is 55.4 Å². The van der Waals surface area contributed by atoms with Gasteiger partial charge in [-0.15, -0.1) is 11.3 Å². The molecule has 2 amide bonds. The van der Waals surface area contributed by atoms with Crippen molar-refractivity contribution in [2.24, 2.45) is 0 Å². The maximum absolute atomic E-state index is 16.0. The first-order chi connectivity index (χ1) is 35.1. The number of aliphatic hydroxyl groups excluding tert-OH is 1. The average Bonchev–Trinajstić information content (AvgIpc) is 4.25. The number of likely N-dealkylation sites (tertiary alicyclic amines) is 1. The number of carbonyl (C=O) groups excluding carboxylic acids is 3. The van der Waals surface area contributed by atoms with Gasteiger partial charge in [-0.05, 0) is 80.6 Å². The molecular weight excluding hydrogens is 990 g/mol. The van der Waals surface area contributed by atoms with Gasteiger partial charge in [-0.2, -0.15) is 4.41 Å². The molecule has 2 aliphatic rings. The summed E-state index contributed by atoms with van der Waals surface area (Å²) in [6.07, 6.45) is 0.945. The number of aliphatic hydroxyl groups is 1. The van der Waals surface area contributed by atoms with E-state index in [-0.39, 0.29) is 87.3 Å². The number of carbonyl (C=O) groups is 3. The quantitative estimate of drug-likeness (QED) is 0.0346. The van der Waals surface area contributed by atoms with Crippen LogP contribution in [0.5, 0.6) is 5.75 Å². The van der Waals surface area contributed by atoms with Crippen LogP contribution < -0.4 is 14.5 Å². The van der Waals surface area contributed by atoms with Crippen LogP contribution in [0.4, 0.5) is 18.9 Å². The standard InChI is InChI=1S/C51H51F3N8O9S2/c1-28-20-44(71-59-28)38(51(66)61-26-36(63)22-43(61)50(65)58-29(2)31-4-6-33(7-5-31)48-30(3)57-27-72-48)15-17-69-18-19-70-37-10-8-32(9-11-37)34-21-39-40(24-56-49(39)55-23-34)47(64)45-41(53)12-13-42(46(45)54)62(73(67)68)60-16-14-35(52)25-60/h4-13,20-21,23-24,27,29,35-36,38,43,63H,14-19,22,25-26H2,1-3H3,(H,55,56)(H,58,65)(H,67,68)/t29-,35+,36+,38?,43-/m0/s1. The van der Waals surface area contributed by atoms with Crippen molar-refractivity contribution in [3.63, 3.8) is 0 Å². The molecule has 382 valence electrons. The van der Waals surface area contributed by atoms with Gasteiger partial charge in [0.05, 0.1) is 52.6 Å². The number of hydrogen-bond donors (Lipinski definition) is 4. The molecule has 3 aromatic carbocycles. The van der Waals surface area contributed by atoms with E-state index < -0.39 is 70.1 Å². The molecule has 22 heteroatoms. The van der Waals surface area contributed by atoms with E-state index in [0.717, 1.165) is 38.8 Å². The van der Waals surface area contributed by atoms with Crippen molar-refractivity contribution in [3.05, 3.63) is 136 Å². The summed E-state index contributed by atoms with van der Waals surface area (Å²) < 4.78 is 85.6. The summed E-state index contributed by atoms with van der Waals surface area (Å²) >= 11 is -1.29. The highest BCUT2D eigenvalue weighted by atomic mass is 32.2. The van der Waals surface area contributed by atoms with Gasteiger partial charge in [0.2, 0.25) is 17.6 Å². The van der Waals surface area contributed by atoms with Gasteiger partial charge in [0, 0.05) is 61.1 Å². The molecule has 4 aromatic heterocycles. The van der Waals surface area contributed by atoms with Crippen LogP contribution in [0, 0.1) is 25.5 Å². The number of benzene rings is 3. The summed E-state index contributed by atoms with van der Waals surface area (Å²) in [6.45, 7) is 5.71. The third-order valence-corrected chi connectivity index (χ3v) is 14.7. The number of pyridine rings is 1. The molecule has 0 saturated carbocycles. The molecule has 6 heterocycles. The number of hydrazine groups is 1. The van der Waals surface area contributed by atoms with Crippen LogP contribution in [-0.4, -0.2) is 119 Å². The van der Waals surface area contributed by atoms with Gasteiger partial charge < -0.3 is 34.3 Å². The maximum atomic E-state index is 16.0. The Morgan fingerprint density at radius 2 is 1.77 bits per heavy atom. The van der Waals surface area contributed by atoms with Crippen LogP contribution in [0.25, 0.3) is 32.6 Å². The first-order valence-electron chi connectivity index (χ1n) is 23.5. The highest BCUT2D eigenvalue weighted by molar-refractivity contribution is 7.80. The Balaban J connectivity index is 0.796. The molecule has 4 N–H and O–H groups in total. The molecule has 2 unspecified atom stereocenters. The number of H-pyrrole nitrogens is 1. The number of halogens is 3. The summed E-state index contributed by atoms with van der Waals surface area (Å²) in [7, 11) is 0. The SMILES string of the molecule is Cc1cc(C(CCOCCOc2ccc(-c3cnc4[nH]cc(C(=O)c5c(F)ccc(N(N6CC[C@@H](F)C6)S(=O)O)c5F)c4c3)cc2)C(=O)N2C[C@H](O)C[C@H]2C(=O)N[C@@H](C)c2ccc(-c3scnc3C)cc2)on1. The average molecular weight is 1040 g/mol. The lowest BCUT2D eigenvalue weighted by molar-refractivity contribution is -0.140. The predicted molar refractivity (Wildman–Crippen MR) is 266 cm³/mol. The minimum atomic E-state index is -2.85. The summed E-state index contributed by atoms with van der Waals surface area (Å²) in [4.78, 5) is 55.9. The molecule has 7 aromatic rings. The van der Waals surface area contributed by atoms with Crippen molar-refractivity contribution in [1.82, 2.24) is 35.3 Å². The number of hydrogen-bond acceptors (Lipinski definition) is 13. The molecule has 6 atom stereocenters. The molecule has 0 spiro atoms. The number of alkyl halides is 1. The number of nitrogens with zero attached hydrogens (tertiary/aromatic N) is 6. The van der Waals surface area contributed by atoms with Crippen LogP contribution in [0.1, 0.15) is 76.8 Å². The Hall–Kier alpha value is -6.82. The number of ether oxygens (including phenoxy) is 2. The van der Waals surface area contributed by atoms with Crippen LogP contribution in [-0.2, 0) is 25.6 Å². The Bertz CT molecular complexity index is 3150. The van der Waals surface area contributed by atoms with Crippen molar-refractivity contribution in [3.8, 4) is 27.3 Å². The number of fused-ring (bicyclic) bond motifs is 1. The molecule has 2 fully saturated rings. The first-order valence-corrected chi connectivity index (χ1v) is 25.4. The van der Waals surface area contributed by atoms with E-state index in [0.29, 0.717) is 32.7 Å². The van der Waals surface area contributed by atoms with Crippen LogP contribution in [0.15, 0.2) is 95.2 Å². The minimum Gasteiger partial charge on any atom is -0.491 e. The number of nitrogens with one attached hydrogen (secondary N) is 2. The highest BCUT2D eigenvalue weighted by Gasteiger charge is 2.43. The van der Waals surface area contributed by atoms with Gasteiger partial charge in [-0.25, -0.2) is 32.4 Å². The molecule has 0 bridgehead atoms. The zero-order valence-electron chi connectivity index (χ0n) is 39.8. The second-order valence-corrected chi connectivity index (χ2v) is 19.6. The number of aryl methyl sites for hydroxylation is 2. The van der Waals surface area contributed by atoms with Gasteiger partial charge in [0.15, 0.2) is 5.82 Å². The molecule has 9 rings (SSSR count). The number of aromatic amines is 1. The number of ketones is 1. The number of rotatable bonds is 19. The Kier molecular flexibility index (Phi) is 15.5. The van der Waals surface area contributed by atoms with Crippen LogP contribution >= 0.6 is 11.3 Å². The number of thiazole rings is 1. The molecule has 2 saturated heterocycles. The molecule has 0 aliphatic carbocycles. The van der Waals surface area contributed by atoms with Gasteiger partial charge in [0.25, 0.3) is 11.3 Å². The fourth-order valence-electron chi connectivity index (χ4n) is 9.18. The molecular formula is C51H51F3N8O9S2. The second-order valence-electron chi connectivity index (χ2n) is 17.9. The fraction of sp³-hybridized carbons (Fsp3) is 0.333. The van der Waals surface area contributed by atoms with Crippen molar-refractivity contribution >= 4 is 56.9 Å².